The molecule has 0 aliphatic carbocycles. The summed E-state index contributed by atoms with van der Waals surface area (Å²) in [7, 11) is 0. The van der Waals surface area contributed by atoms with Crippen molar-refractivity contribution in [2.45, 2.75) is 37.3 Å². The predicted octanol–water partition coefficient (Wildman–Crippen LogP) is 2.10. The van der Waals surface area contributed by atoms with Gasteiger partial charge in [0, 0.05) is 17.0 Å². The molecule has 0 aromatic heterocycles. The molecule has 1 saturated heterocycles. The zero-order valence-corrected chi connectivity index (χ0v) is 10.1. The van der Waals surface area contributed by atoms with Crippen molar-refractivity contribution < 1.29 is 4.79 Å². The van der Waals surface area contributed by atoms with Gasteiger partial charge in [-0.3, -0.25) is 4.79 Å². The summed E-state index contributed by atoms with van der Waals surface area (Å²) in [6.07, 6.45) is 0.973. The third-order valence-corrected chi connectivity index (χ3v) is 5.17. The van der Waals surface area contributed by atoms with Gasteiger partial charge in [-0.25, -0.2) is 0 Å². The van der Waals surface area contributed by atoms with Crippen LogP contribution in [0, 0.1) is 0 Å². The second-order valence-corrected chi connectivity index (χ2v) is 6.52. The molecule has 1 aliphatic rings. The first kappa shape index (κ1) is 11.2. The monoisotopic (exact) mass is 219 g/mol. The molecule has 1 amide bonds. The van der Waals surface area contributed by atoms with Crippen LogP contribution in [-0.4, -0.2) is 27.5 Å². The maximum atomic E-state index is 11.7. The number of nitrogens with one attached hydrogen (secondary N) is 1. The van der Waals surface area contributed by atoms with E-state index in [9.17, 15) is 4.79 Å². The summed E-state index contributed by atoms with van der Waals surface area (Å²) in [6.45, 7) is 6.22. The molecule has 76 valence electrons. The molecule has 0 unspecified atom stereocenters. The SMILES string of the molecule is CCC(C)(C)NC(=O)C1SCCS1. The molecule has 0 radical (unpaired) electrons. The summed E-state index contributed by atoms with van der Waals surface area (Å²) in [5.74, 6) is 2.41. The molecule has 1 rings (SSSR count). The van der Waals surface area contributed by atoms with Gasteiger partial charge in [0.1, 0.15) is 4.58 Å². The van der Waals surface area contributed by atoms with E-state index in [2.05, 4.69) is 26.1 Å². The first-order valence-electron chi connectivity index (χ1n) is 4.60. The quantitative estimate of drug-likeness (QED) is 0.788. The Morgan fingerprint density at radius 3 is 2.46 bits per heavy atom. The number of amides is 1. The zero-order valence-electron chi connectivity index (χ0n) is 8.42. The van der Waals surface area contributed by atoms with Gasteiger partial charge in [-0.05, 0) is 20.3 Å². The van der Waals surface area contributed by atoms with Gasteiger partial charge >= 0.3 is 0 Å². The van der Waals surface area contributed by atoms with Gasteiger partial charge in [-0.2, -0.15) is 0 Å². The maximum absolute atomic E-state index is 11.7. The molecule has 1 N–H and O–H groups in total. The van der Waals surface area contributed by atoms with E-state index in [1.165, 1.54) is 0 Å². The minimum Gasteiger partial charge on any atom is -0.350 e. The van der Waals surface area contributed by atoms with Crippen molar-refractivity contribution in [2.24, 2.45) is 0 Å². The minimum absolute atomic E-state index is 0.0548. The van der Waals surface area contributed by atoms with E-state index >= 15 is 0 Å². The number of carbonyl (C=O) groups excluding carboxylic acids is 1. The van der Waals surface area contributed by atoms with Crippen molar-refractivity contribution in [3.05, 3.63) is 0 Å². The van der Waals surface area contributed by atoms with Crippen LogP contribution in [0.4, 0.5) is 0 Å². The van der Waals surface area contributed by atoms with Gasteiger partial charge in [0.15, 0.2) is 0 Å². The van der Waals surface area contributed by atoms with Crippen LogP contribution >= 0.6 is 23.5 Å². The van der Waals surface area contributed by atoms with Crippen LogP contribution in [0.5, 0.6) is 0 Å². The first-order valence-corrected chi connectivity index (χ1v) is 6.70. The van der Waals surface area contributed by atoms with Crippen molar-refractivity contribution in [1.29, 1.82) is 0 Å². The fourth-order valence-electron chi connectivity index (χ4n) is 0.991. The number of hydrogen-bond donors (Lipinski definition) is 1. The van der Waals surface area contributed by atoms with Crippen LogP contribution in [0.2, 0.25) is 0 Å². The number of hydrogen-bond acceptors (Lipinski definition) is 3. The van der Waals surface area contributed by atoms with Gasteiger partial charge in [0.25, 0.3) is 0 Å². The summed E-state index contributed by atoms with van der Waals surface area (Å²) in [5.41, 5.74) is -0.0548. The minimum atomic E-state index is -0.0548. The molecule has 1 fully saturated rings. The summed E-state index contributed by atoms with van der Waals surface area (Å²) in [4.78, 5) is 11.7. The third-order valence-electron chi connectivity index (χ3n) is 2.18. The lowest BCUT2D eigenvalue weighted by Gasteiger charge is -2.25. The summed E-state index contributed by atoms with van der Waals surface area (Å²) in [5, 5.41) is 3.07. The molecule has 0 aromatic carbocycles. The first-order chi connectivity index (χ1) is 6.05. The second kappa shape index (κ2) is 4.60. The standard InChI is InChI=1S/C9H17NOS2/c1-4-9(2,3)10-7(11)8-12-5-6-13-8/h8H,4-6H2,1-3H3,(H,10,11). The van der Waals surface area contributed by atoms with Crippen LogP contribution in [0.3, 0.4) is 0 Å². The average Bonchev–Trinajstić information content (AvgIpc) is 2.55. The van der Waals surface area contributed by atoms with Crippen LogP contribution in [-0.2, 0) is 4.79 Å². The Morgan fingerprint density at radius 2 is 2.00 bits per heavy atom. The highest BCUT2D eigenvalue weighted by molar-refractivity contribution is 8.21. The molecule has 0 saturated carbocycles. The lowest BCUT2D eigenvalue weighted by molar-refractivity contribution is -0.120. The smallest absolute Gasteiger partial charge is 0.243 e. The molecule has 2 nitrogen and oxygen atoms in total. The summed E-state index contributed by atoms with van der Waals surface area (Å²) < 4.78 is 0.130. The Morgan fingerprint density at radius 1 is 1.46 bits per heavy atom. The highest BCUT2D eigenvalue weighted by Crippen LogP contribution is 2.32. The normalized spacial score (nSPS) is 19.0. The molecule has 13 heavy (non-hydrogen) atoms. The van der Waals surface area contributed by atoms with Crippen molar-refractivity contribution in [3.63, 3.8) is 0 Å². The van der Waals surface area contributed by atoms with Gasteiger partial charge in [-0.15, -0.1) is 23.5 Å². The second-order valence-electron chi connectivity index (χ2n) is 3.80. The molecule has 1 aliphatic heterocycles. The molecular weight excluding hydrogens is 202 g/mol. The molecular formula is C9H17NOS2. The van der Waals surface area contributed by atoms with Crippen LogP contribution in [0.1, 0.15) is 27.2 Å². The van der Waals surface area contributed by atoms with Crippen molar-refractivity contribution in [1.82, 2.24) is 5.32 Å². The average molecular weight is 219 g/mol. The fraction of sp³-hybridized carbons (Fsp3) is 0.889. The topological polar surface area (TPSA) is 29.1 Å². The van der Waals surface area contributed by atoms with Crippen LogP contribution in [0.15, 0.2) is 0 Å². The van der Waals surface area contributed by atoms with E-state index in [1.807, 2.05) is 0 Å². The number of thioether (sulfide) groups is 2. The maximum Gasteiger partial charge on any atom is 0.243 e. The lowest BCUT2D eigenvalue weighted by atomic mass is 10.0. The predicted molar refractivity (Wildman–Crippen MR) is 61.2 cm³/mol. The summed E-state index contributed by atoms with van der Waals surface area (Å²) in [6, 6.07) is 0. The number of rotatable bonds is 3. The Labute approximate surface area is 88.6 Å². The van der Waals surface area contributed by atoms with Crippen molar-refractivity contribution >= 4 is 29.4 Å². The van der Waals surface area contributed by atoms with Gasteiger partial charge in [0.2, 0.25) is 5.91 Å². The molecule has 0 aromatic rings. The highest BCUT2D eigenvalue weighted by Gasteiger charge is 2.27. The van der Waals surface area contributed by atoms with Gasteiger partial charge < -0.3 is 5.32 Å². The van der Waals surface area contributed by atoms with E-state index in [1.54, 1.807) is 23.5 Å². The molecule has 0 spiro atoms. The summed E-state index contributed by atoms with van der Waals surface area (Å²) >= 11 is 3.51. The highest BCUT2D eigenvalue weighted by atomic mass is 32.2. The fourth-order valence-corrected chi connectivity index (χ4v) is 3.57. The molecule has 0 atom stereocenters. The third kappa shape index (κ3) is 3.43. The Bertz CT molecular complexity index is 188. The van der Waals surface area contributed by atoms with Gasteiger partial charge in [-0.1, -0.05) is 6.92 Å². The molecule has 4 heteroatoms. The van der Waals surface area contributed by atoms with E-state index < -0.39 is 0 Å². The van der Waals surface area contributed by atoms with E-state index in [-0.39, 0.29) is 16.0 Å². The zero-order chi connectivity index (χ0) is 9.90. The number of carbonyl (C=O) groups is 1. The van der Waals surface area contributed by atoms with Crippen LogP contribution in [0.25, 0.3) is 0 Å². The van der Waals surface area contributed by atoms with Crippen molar-refractivity contribution in [3.8, 4) is 0 Å². The Kier molecular flexibility index (Phi) is 3.98. The Balaban J connectivity index is 2.40. The Hall–Kier alpha value is 0.170. The van der Waals surface area contributed by atoms with Gasteiger partial charge in [0.05, 0.1) is 0 Å². The van der Waals surface area contributed by atoms with Crippen molar-refractivity contribution in [2.75, 3.05) is 11.5 Å². The van der Waals surface area contributed by atoms with E-state index in [0.29, 0.717) is 0 Å². The largest absolute Gasteiger partial charge is 0.350 e. The molecule has 1 heterocycles. The van der Waals surface area contributed by atoms with E-state index in [0.717, 1.165) is 17.9 Å². The van der Waals surface area contributed by atoms with E-state index in [4.69, 9.17) is 0 Å². The van der Waals surface area contributed by atoms with Crippen LogP contribution < -0.4 is 5.32 Å². The molecule has 0 bridgehead atoms. The lowest BCUT2D eigenvalue weighted by Crippen LogP contribution is -2.45.